The van der Waals surface area contributed by atoms with Crippen LogP contribution in [0.3, 0.4) is 0 Å². The average Bonchev–Trinajstić information content (AvgIpc) is 2.90. The van der Waals surface area contributed by atoms with Crippen molar-refractivity contribution in [3.05, 3.63) is 41.6 Å². The van der Waals surface area contributed by atoms with Crippen LogP contribution in [0.4, 0.5) is 0 Å². The minimum Gasteiger partial charge on any atom is -0.349 e. The number of carbonyl (C=O) groups excluding carboxylic acids is 1. The molecule has 0 radical (unpaired) electrons. The first-order chi connectivity index (χ1) is 8.56. The second-order valence-corrected chi connectivity index (χ2v) is 7.95. The minimum absolute atomic E-state index is 0.0193. The Bertz CT molecular complexity index is 517. The van der Waals surface area contributed by atoms with E-state index in [4.69, 9.17) is 0 Å². The lowest BCUT2D eigenvalue weighted by Crippen LogP contribution is -2.33. The van der Waals surface area contributed by atoms with Gasteiger partial charge in [-0.3, -0.25) is 4.79 Å². The second kappa shape index (κ2) is 6.32. The summed E-state index contributed by atoms with van der Waals surface area (Å²) in [6, 6.07) is 4.05. The Hall–Kier alpha value is -0.170. The van der Waals surface area contributed by atoms with E-state index in [9.17, 15) is 4.79 Å². The van der Waals surface area contributed by atoms with Crippen molar-refractivity contribution in [2.24, 2.45) is 0 Å². The first-order valence-corrected chi connectivity index (χ1v) is 8.67. The predicted molar refractivity (Wildman–Crippen MR) is 84.7 cm³/mol. The van der Waals surface area contributed by atoms with E-state index in [1.807, 2.05) is 13.0 Å². The maximum Gasteiger partial charge on any atom is 0.261 e. The van der Waals surface area contributed by atoms with Crippen molar-refractivity contribution >= 4 is 60.4 Å². The van der Waals surface area contributed by atoms with Crippen LogP contribution in [0.5, 0.6) is 0 Å². The van der Waals surface area contributed by atoms with Crippen LogP contribution >= 0.6 is 54.5 Å². The summed E-state index contributed by atoms with van der Waals surface area (Å²) in [5.74, 6) is -0.0193. The highest BCUT2D eigenvalue weighted by atomic mass is 79.9. The average molecular weight is 409 g/mol. The molecule has 2 heterocycles. The van der Waals surface area contributed by atoms with Crippen LogP contribution in [-0.2, 0) is 6.42 Å². The summed E-state index contributed by atoms with van der Waals surface area (Å²) in [6.45, 7) is 2.02. The molecule has 2 aromatic heterocycles. The molecule has 0 fully saturated rings. The molecule has 1 amide bonds. The molecule has 0 bridgehead atoms. The molecular weight excluding hydrogens is 398 g/mol. The normalized spacial score (nSPS) is 12.4. The number of thiophene rings is 2. The Kier molecular flexibility index (Phi) is 5.00. The lowest BCUT2D eigenvalue weighted by atomic mass is 10.1. The number of halogens is 2. The molecule has 2 nitrogen and oxygen atoms in total. The zero-order chi connectivity index (χ0) is 13.1. The summed E-state index contributed by atoms with van der Waals surface area (Å²) in [5.41, 5.74) is 1.27. The van der Waals surface area contributed by atoms with Crippen LogP contribution in [-0.4, -0.2) is 11.9 Å². The van der Waals surface area contributed by atoms with Gasteiger partial charge < -0.3 is 5.32 Å². The number of amides is 1. The van der Waals surface area contributed by atoms with Gasteiger partial charge in [0, 0.05) is 10.5 Å². The number of carbonyl (C=O) groups is 1. The molecule has 0 spiro atoms. The summed E-state index contributed by atoms with van der Waals surface area (Å²) < 4.78 is 1.86. The van der Waals surface area contributed by atoms with Gasteiger partial charge in [-0.1, -0.05) is 0 Å². The molecule has 2 rings (SSSR count). The molecule has 18 heavy (non-hydrogen) atoms. The molecule has 0 aliphatic heterocycles. The van der Waals surface area contributed by atoms with Gasteiger partial charge >= 0.3 is 0 Å². The van der Waals surface area contributed by atoms with Gasteiger partial charge in [0.05, 0.1) is 8.66 Å². The molecule has 96 valence electrons. The van der Waals surface area contributed by atoms with Gasteiger partial charge in [0.2, 0.25) is 0 Å². The largest absolute Gasteiger partial charge is 0.349 e. The van der Waals surface area contributed by atoms with E-state index in [1.165, 1.54) is 16.9 Å². The first kappa shape index (κ1) is 14.2. The van der Waals surface area contributed by atoms with Gasteiger partial charge in [-0.25, -0.2) is 0 Å². The van der Waals surface area contributed by atoms with Crippen LogP contribution in [0.25, 0.3) is 0 Å². The van der Waals surface area contributed by atoms with E-state index in [2.05, 4.69) is 54.0 Å². The third kappa shape index (κ3) is 3.66. The maximum atomic E-state index is 12.0. The topological polar surface area (TPSA) is 29.1 Å². The number of nitrogens with one attached hydrogen (secondary N) is 1. The van der Waals surface area contributed by atoms with Crippen LogP contribution in [0.1, 0.15) is 22.2 Å². The molecule has 0 saturated carbocycles. The van der Waals surface area contributed by atoms with Crippen LogP contribution in [0, 0.1) is 0 Å². The van der Waals surface area contributed by atoms with Crippen LogP contribution in [0.15, 0.2) is 31.2 Å². The van der Waals surface area contributed by atoms with E-state index in [1.54, 1.807) is 11.3 Å². The fourth-order valence-electron chi connectivity index (χ4n) is 1.57. The van der Waals surface area contributed by atoms with Crippen molar-refractivity contribution in [3.8, 4) is 0 Å². The molecule has 1 atom stereocenters. The fourth-order valence-corrected chi connectivity index (χ4v) is 4.19. The van der Waals surface area contributed by atoms with Crippen LogP contribution < -0.4 is 5.32 Å². The molecule has 0 aliphatic rings. The van der Waals surface area contributed by atoms with Gasteiger partial charge in [-0.05, 0) is 73.7 Å². The summed E-state index contributed by atoms with van der Waals surface area (Å²) in [6.07, 6.45) is 0.864. The standard InChI is InChI=1S/C12H11Br2NOS2/c1-7(4-8-2-3-17-6-8)15-12(16)10-5-9(13)11(14)18-10/h2-3,5-7H,4H2,1H3,(H,15,16). The highest BCUT2D eigenvalue weighted by Gasteiger charge is 2.14. The molecule has 6 heteroatoms. The first-order valence-electron chi connectivity index (χ1n) is 5.33. The minimum atomic E-state index is -0.0193. The van der Waals surface area contributed by atoms with Gasteiger partial charge in [0.25, 0.3) is 5.91 Å². The third-order valence-corrected chi connectivity index (χ3v) is 6.36. The van der Waals surface area contributed by atoms with Gasteiger partial charge in [0.1, 0.15) is 0 Å². The summed E-state index contributed by atoms with van der Waals surface area (Å²) in [4.78, 5) is 12.7. The van der Waals surface area contributed by atoms with Crippen LogP contribution in [0.2, 0.25) is 0 Å². The Morgan fingerprint density at radius 3 is 2.83 bits per heavy atom. The van der Waals surface area contributed by atoms with Gasteiger partial charge in [-0.15, -0.1) is 11.3 Å². The summed E-state index contributed by atoms with van der Waals surface area (Å²) in [7, 11) is 0. The maximum absolute atomic E-state index is 12.0. The van der Waals surface area contributed by atoms with Crippen molar-refractivity contribution < 1.29 is 4.79 Å². The Morgan fingerprint density at radius 2 is 2.28 bits per heavy atom. The SMILES string of the molecule is CC(Cc1ccsc1)NC(=O)c1cc(Br)c(Br)s1. The smallest absolute Gasteiger partial charge is 0.261 e. The summed E-state index contributed by atoms with van der Waals surface area (Å²) in [5, 5.41) is 7.17. The predicted octanol–water partition coefficient (Wildman–Crippen LogP) is 4.70. The molecule has 1 N–H and O–H groups in total. The van der Waals surface area contributed by atoms with Gasteiger partial charge in [0.15, 0.2) is 0 Å². The van der Waals surface area contributed by atoms with E-state index < -0.39 is 0 Å². The summed E-state index contributed by atoms with van der Waals surface area (Å²) >= 11 is 9.89. The van der Waals surface area contributed by atoms with Crippen molar-refractivity contribution in [1.29, 1.82) is 0 Å². The highest BCUT2D eigenvalue weighted by Crippen LogP contribution is 2.32. The fraction of sp³-hybridized carbons (Fsp3) is 0.250. The quantitative estimate of drug-likeness (QED) is 0.780. The number of hydrogen-bond donors (Lipinski definition) is 1. The van der Waals surface area contributed by atoms with Crippen molar-refractivity contribution in [2.45, 2.75) is 19.4 Å². The Morgan fingerprint density at radius 1 is 1.50 bits per heavy atom. The zero-order valence-electron chi connectivity index (χ0n) is 9.57. The lowest BCUT2D eigenvalue weighted by Gasteiger charge is -2.12. The monoisotopic (exact) mass is 407 g/mol. The lowest BCUT2D eigenvalue weighted by molar-refractivity contribution is 0.0944. The molecular formula is C12H11Br2NOS2. The number of rotatable bonds is 4. The van der Waals surface area contributed by atoms with Crippen molar-refractivity contribution in [3.63, 3.8) is 0 Å². The molecule has 2 aromatic rings. The van der Waals surface area contributed by atoms with E-state index in [0.717, 1.165) is 14.7 Å². The van der Waals surface area contributed by atoms with Gasteiger partial charge in [-0.2, -0.15) is 11.3 Å². The van der Waals surface area contributed by atoms with Crippen molar-refractivity contribution in [1.82, 2.24) is 5.32 Å². The molecule has 0 aromatic carbocycles. The molecule has 1 unspecified atom stereocenters. The number of hydrogen-bond acceptors (Lipinski definition) is 3. The third-order valence-electron chi connectivity index (χ3n) is 2.37. The highest BCUT2D eigenvalue weighted by molar-refractivity contribution is 9.13. The van der Waals surface area contributed by atoms with Crippen molar-refractivity contribution in [2.75, 3.05) is 0 Å². The molecule has 0 aliphatic carbocycles. The Balaban J connectivity index is 1.94. The van der Waals surface area contributed by atoms with E-state index in [-0.39, 0.29) is 11.9 Å². The second-order valence-electron chi connectivity index (χ2n) is 3.94. The zero-order valence-corrected chi connectivity index (χ0v) is 14.4. The van der Waals surface area contributed by atoms with E-state index in [0.29, 0.717) is 4.88 Å². The molecule has 0 saturated heterocycles. The van der Waals surface area contributed by atoms with E-state index >= 15 is 0 Å². The Labute approximate surface area is 131 Å².